The van der Waals surface area contributed by atoms with Crippen LogP contribution >= 0.6 is 0 Å². The molecule has 0 aromatic carbocycles. The maximum atomic E-state index is 4.17. The van der Waals surface area contributed by atoms with E-state index in [0.29, 0.717) is 6.17 Å². The minimum Gasteiger partial charge on any atom is -0.297 e. The Balaban J connectivity index is 1.45. The van der Waals surface area contributed by atoms with E-state index in [4.69, 9.17) is 0 Å². The molecule has 0 radical (unpaired) electrons. The van der Waals surface area contributed by atoms with E-state index in [1.807, 2.05) is 0 Å². The summed E-state index contributed by atoms with van der Waals surface area (Å²) in [4.78, 5) is 0. The third kappa shape index (κ3) is 3.79. The van der Waals surface area contributed by atoms with Gasteiger partial charge in [0.1, 0.15) is 0 Å². The van der Waals surface area contributed by atoms with E-state index < -0.39 is 0 Å². The van der Waals surface area contributed by atoms with Gasteiger partial charge in [0.25, 0.3) is 0 Å². The standard InChI is InChI=1S/C21H38N2/c1-4-10-16(11-5-1)19-20(17-12-6-2-7-13-17)23-21(22-19)18-14-8-3-9-15-18/h16-23H,1-15H2. The zero-order valence-corrected chi connectivity index (χ0v) is 15.1. The van der Waals surface area contributed by atoms with Crippen molar-refractivity contribution in [3.63, 3.8) is 0 Å². The monoisotopic (exact) mass is 318 g/mol. The first-order valence-corrected chi connectivity index (χ1v) is 10.9. The SMILES string of the molecule is C1CCC(C2NC(C3CCCCC3)C(C3CCCCC3)N2)CC1. The Hall–Kier alpha value is -0.0800. The predicted molar refractivity (Wildman–Crippen MR) is 97.4 cm³/mol. The minimum atomic E-state index is 0.633. The highest BCUT2D eigenvalue weighted by Crippen LogP contribution is 2.38. The van der Waals surface area contributed by atoms with Crippen molar-refractivity contribution in [3.05, 3.63) is 0 Å². The predicted octanol–water partition coefficient (Wildman–Crippen LogP) is 4.98. The highest BCUT2D eigenvalue weighted by atomic mass is 15.3. The van der Waals surface area contributed by atoms with Crippen LogP contribution < -0.4 is 10.6 Å². The van der Waals surface area contributed by atoms with Crippen molar-refractivity contribution in [2.24, 2.45) is 17.8 Å². The third-order valence-electron chi connectivity index (χ3n) is 7.57. The number of nitrogens with one attached hydrogen (secondary N) is 2. The number of hydrogen-bond donors (Lipinski definition) is 2. The summed E-state index contributed by atoms with van der Waals surface area (Å²) >= 11 is 0. The van der Waals surface area contributed by atoms with E-state index in [-0.39, 0.29) is 0 Å². The molecule has 4 aliphatic rings. The molecule has 0 amide bonds. The van der Waals surface area contributed by atoms with Crippen molar-refractivity contribution < 1.29 is 0 Å². The molecule has 4 fully saturated rings. The molecule has 2 atom stereocenters. The molecular weight excluding hydrogens is 280 g/mol. The summed E-state index contributed by atoms with van der Waals surface area (Å²) in [6.45, 7) is 0. The molecule has 2 unspecified atom stereocenters. The second-order valence-corrected chi connectivity index (χ2v) is 9.06. The van der Waals surface area contributed by atoms with Gasteiger partial charge in [-0.2, -0.15) is 0 Å². The Kier molecular flexibility index (Phi) is 5.61. The highest BCUT2D eigenvalue weighted by Gasteiger charge is 2.44. The molecule has 1 saturated heterocycles. The molecule has 3 saturated carbocycles. The first kappa shape index (κ1) is 16.4. The molecule has 2 heteroatoms. The normalized spacial score (nSPS) is 38.9. The first-order chi connectivity index (χ1) is 11.4. The zero-order chi connectivity index (χ0) is 15.5. The van der Waals surface area contributed by atoms with E-state index in [0.717, 1.165) is 29.8 Å². The summed E-state index contributed by atoms with van der Waals surface area (Å²) in [6.07, 6.45) is 22.8. The topological polar surface area (TPSA) is 24.1 Å². The number of hydrogen-bond acceptors (Lipinski definition) is 2. The fraction of sp³-hybridized carbons (Fsp3) is 1.00. The molecule has 1 aliphatic heterocycles. The van der Waals surface area contributed by atoms with Gasteiger partial charge in [0, 0.05) is 12.1 Å². The Morgan fingerprint density at radius 3 is 1.13 bits per heavy atom. The second-order valence-electron chi connectivity index (χ2n) is 9.06. The fourth-order valence-electron chi connectivity index (χ4n) is 6.25. The van der Waals surface area contributed by atoms with Crippen molar-refractivity contribution in [2.45, 2.75) is 115 Å². The van der Waals surface area contributed by atoms with E-state index in [1.54, 1.807) is 0 Å². The van der Waals surface area contributed by atoms with Crippen LogP contribution in [0.3, 0.4) is 0 Å². The van der Waals surface area contributed by atoms with Gasteiger partial charge in [0.05, 0.1) is 6.17 Å². The van der Waals surface area contributed by atoms with Gasteiger partial charge in [-0.3, -0.25) is 10.6 Å². The van der Waals surface area contributed by atoms with Gasteiger partial charge in [-0.25, -0.2) is 0 Å². The summed E-state index contributed by atoms with van der Waals surface area (Å²) in [5.41, 5.74) is 0. The quantitative estimate of drug-likeness (QED) is 0.766. The van der Waals surface area contributed by atoms with Crippen LogP contribution in [-0.4, -0.2) is 18.2 Å². The molecule has 0 aromatic heterocycles. The smallest absolute Gasteiger partial charge is 0.0606 e. The average molecular weight is 319 g/mol. The maximum absolute atomic E-state index is 4.17. The lowest BCUT2D eigenvalue weighted by Crippen LogP contribution is -2.45. The zero-order valence-electron chi connectivity index (χ0n) is 15.1. The van der Waals surface area contributed by atoms with Crippen LogP contribution in [0.5, 0.6) is 0 Å². The van der Waals surface area contributed by atoms with E-state index in [9.17, 15) is 0 Å². The van der Waals surface area contributed by atoms with E-state index in [1.165, 1.54) is 96.3 Å². The van der Waals surface area contributed by atoms with Crippen LogP contribution in [0.25, 0.3) is 0 Å². The summed E-state index contributed by atoms with van der Waals surface area (Å²) < 4.78 is 0. The molecule has 2 N–H and O–H groups in total. The maximum Gasteiger partial charge on any atom is 0.0606 e. The van der Waals surface area contributed by atoms with Crippen LogP contribution in [0.1, 0.15) is 96.3 Å². The lowest BCUT2D eigenvalue weighted by Gasteiger charge is -2.36. The third-order valence-corrected chi connectivity index (χ3v) is 7.57. The van der Waals surface area contributed by atoms with Crippen LogP contribution in [0.4, 0.5) is 0 Å². The second kappa shape index (κ2) is 7.87. The van der Waals surface area contributed by atoms with Crippen LogP contribution in [-0.2, 0) is 0 Å². The van der Waals surface area contributed by atoms with Crippen molar-refractivity contribution in [1.29, 1.82) is 0 Å². The van der Waals surface area contributed by atoms with Gasteiger partial charge in [0.2, 0.25) is 0 Å². The van der Waals surface area contributed by atoms with Crippen molar-refractivity contribution in [3.8, 4) is 0 Å². The summed E-state index contributed by atoms with van der Waals surface area (Å²) in [5, 5.41) is 8.33. The van der Waals surface area contributed by atoms with Crippen LogP contribution in [0.2, 0.25) is 0 Å². The minimum absolute atomic E-state index is 0.633. The Morgan fingerprint density at radius 1 is 0.391 bits per heavy atom. The molecule has 0 spiro atoms. The Bertz CT molecular complexity index is 325. The summed E-state index contributed by atoms with van der Waals surface area (Å²) in [7, 11) is 0. The van der Waals surface area contributed by atoms with Gasteiger partial charge >= 0.3 is 0 Å². The lowest BCUT2D eigenvalue weighted by atomic mass is 9.75. The van der Waals surface area contributed by atoms with Crippen molar-refractivity contribution in [2.75, 3.05) is 0 Å². The molecule has 3 aliphatic carbocycles. The molecule has 0 aromatic rings. The van der Waals surface area contributed by atoms with Crippen molar-refractivity contribution in [1.82, 2.24) is 10.6 Å². The molecule has 132 valence electrons. The Morgan fingerprint density at radius 2 is 0.739 bits per heavy atom. The average Bonchev–Trinajstić information content (AvgIpc) is 3.09. The van der Waals surface area contributed by atoms with E-state index >= 15 is 0 Å². The number of rotatable bonds is 3. The van der Waals surface area contributed by atoms with Crippen molar-refractivity contribution >= 4 is 0 Å². The van der Waals surface area contributed by atoms with Gasteiger partial charge in [-0.15, -0.1) is 0 Å². The van der Waals surface area contributed by atoms with Crippen LogP contribution in [0.15, 0.2) is 0 Å². The van der Waals surface area contributed by atoms with Gasteiger partial charge < -0.3 is 0 Å². The lowest BCUT2D eigenvalue weighted by molar-refractivity contribution is 0.205. The molecular formula is C21H38N2. The molecule has 4 rings (SSSR count). The highest BCUT2D eigenvalue weighted by molar-refractivity contribution is 5.02. The van der Waals surface area contributed by atoms with Gasteiger partial charge in [-0.1, -0.05) is 57.8 Å². The Labute approximate surface area is 143 Å². The summed E-state index contributed by atoms with van der Waals surface area (Å²) in [6, 6.07) is 1.57. The molecule has 0 bridgehead atoms. The first-order valence-electron chi connectivity index (χ1n) is 10.9. The van der Waals surface area contributed by atoms with Crippen LogP contribution in [0, 0.1) is 17.8 Å². The van der Waals surface area contributed by atoms with Gasteiger partial charge in [-0.05, 0) is 56.3 Å². The molecule has 23 heavy (non-hydrogen) atoms. The van der Waals surface area contributed by atoms with Gasteiger partial charge in [0.15, 0.2) is 0 Å². The molecule has 1 heterocycles. The largest absolute Gasteiger partial charge is 0.297 e. The molecule has 2 nitrogen and oxygen atoms in total. The summed E-state index contributed by atoms with van der Waals surface area (Å²) in [5.74, 6) is 2.82. The fourth-order valence-corrected chi connectivity index (χ4v) is 6.25. The van der Waals surface area contributed by atoms with E-state index in [2.05, 4.69) is 10.6 Å².